The Morgan fingerprint density at radius 1 is 1.00 bits per heavy atom. The molecule has 35 heavy (non-hydrogen) atoms. The fourth-order valence-corrected chi connectivity index (χ4v) is 4.31. The summed E-state index contributed by atoms with van der Waals surface area (Å²) in [7, 11) is 1.62. The van der Waals surface area contributed by atoms with Gasteiger partial charge in [0.1, 0.15) is 11.9 Å². The van der Waals surface area contributed by atoms with E-state index in [0.29, 0.717) is 44.1 Å². The number of ether oxygens (including phenoxy) is 2. The van der Waals surface area contributed by atoms with Crippen LogP contribution >= 0.6 is 0 Å². The molecule has 1 fully saturated rings. The number of fused-ring (bicyclic) bond motifs is 1. The second-order valence-corrected chi connectivity index (χ2v) is 8.50. The fraction of sp³-hybridized carbons (Fsp3) is 0.308. The van der Waals surface area contributed by atoms with E-state index in [2.05, 4.69) is 10.3 Å². The van der Waals surface area contributed by atoms with Crippen molar-refractivity contribution in [2.75, 3.05) is 33.3 Å². The molecular formula is C26H27N5O4. The molecule has 1 saturated heterocycles. The molecule has 3 aromatic rings. The molecule has 1 aromatic heterocycles. The van der Waals surface area contributed by atoms with E-state index in [1.165, 1.54) is 0 Å². The lowest BCUT2D eigenvalue weighted by molar-refractivity contribution is -0.127. The molecule has 2 aliphatic rings. The quantitative estimate of drug-likeness (QED) is 0.529. The lowest BCUT2D eigenvalue weighted by Gasteiger charge is -2.34. The first kappa shape index (κ1) is 22.8. The van der Waals surface area contributed by atoms with Crippen LogP contribution in [-0.4, -0.2) is 69.9 Å². The number of rotatable bonds is 5. The van der Waals surface area contributed by atoms with Crippen molar-refractivity contribution < 1.29 is 19.1 Å². The van der Waals surface area contributed by atoms with Crippen molar-refractivity contribution >= 4 is 17.9 Å². The Morgan fingerprint density at radius 2 is 1.71 bits per heavy atom. The van der Waals surface area contributed by atoms with Gasteiger partial charge in [-0.15, -0.1) is 5.10 Å². The van der Waals surface area contributed by atoms with Crippen molar-refractivity contribution in [2.45, 2.75) is 19.3 Å². The highest BCUT2D eigenvalue weighted by Gasteiger charge is 2.31. The van der Waals surface area contributed by atoms with Gasteiger partial charge in [0.2, 0.25) is 5.91 Å². The van der Waals surface area contributed by atoms with Crippen molar-refractivity contribution in [3.63, 3.8) is 0 Å². The molecule has 180 valence electrons. The maximum Gasteiger partial charge on any atom is 0.276 e. The van der Waals surface area contributed by atoms with Crippen molar-refractivity contribution in [2.24, 2.45) is 0 Å². The average Bonchev–Trinajstić information content (AvgIpc) is 3.35. The summed E-state index contributed by atoms with van der Waals surface area (Å²) < 4.78 is 12.9. The number of carbonyl (C=O) groups is 2. The number of nitrogens with zero attached hydrogens (tertiary/aromatic N) is 5. The van der Waals surface area contributed by atoms with Gasteiger partial charge in [-0.05, 0) is 29.3 Å². The number of amides is 2. The minimum Gasteiger partial charge on any atom is -0.497 e. The van der Waals surface area contributed by atoms with E-state index in [9.17, 15) is 9.59 Å². The number of carbonyl (C=O) groups excluding carboxylic acids is 2. The van der Waals surface area contributed by atoms with E-state index < -0.39 is 0 Å². The largest absolute Gasteiger partial charge is 0.497 e. The van der Waals surface area contributed by atoms with Crippen LogP contribution in [0.15, 0.2) is 60.7 Å². The van der Waals surface area contributed by atoms with Crippen LogP contribution in [0.5, 0.6) is 5.75 Å². The second-order valence-electron chi connectivity index (χ2n) is 8.50. The molecule has 0 bridgehead atoms. The highest BCUT2D eigenvalue weighted by atomic mass is 16.5. The molecule has 3 heterocycles. The summed E-state index contributed by atoms with van der Waals surface area (Å²) in [5.41, 5.74) is 3.02. The predicted octanol–water partition coefficient (Wildman–Crippen LogP) is 2.56. The number of methoxy groups -OCH3 is 1. The minimum absolute atomic E-state index is 0.0747. The van der Waals surface area contributed by atoms with E-state index in [1.807, 2.05) is 54.6 Å². The third-order valence-electron chi connectivity index (χ3n) is 6.38. The summed E-state index contributed by atoms with van der Waals surface area (Å²) in [6.45, 7) is 2.62. The summed E-state index contributed by atoms with van der Waals surface area (Å²) in [4.78, 5) is 29.2. The Balaban J connectivity index is 1.17. The van der Waals surface area contributed by atoms with Crippen LogP contribution in [0.2, 0.25) is 0 Å². The Morgan fingerprint density at radius 3 is 2.43 bits per heavy atom. The average molecular weight is 474 g/mol. The zero-order valence-electron chi connectivity index (χ0n) is 19.5. The van der Waals surface area contributed by atoms with Crippen LogP contribution in [0.25, 0.3) is 6.08 Å². The summed E-state index contributed by atoms with van der Waals surface area (Å²) in [5, 5.41) is 8.38. The number of benzene rings is 2. The number of hydrogen-bond acceptors (Lipinski definition) is 6. The second kappa shape index (κ2) is 10.1. The van der Waals surface area contributed by atoms with Gasteiger partial charge in [0.25, 0.3) is 5.91 Å². The molecule has 0 N–H and O–H groups in total. The predicted molar refractivity (Wildman–Crippen MR) is 129 cm³/mol. The first-order valence-electron chi connectivity index (χ1n) is 11.6. The van der Waals surface area contributed by atoms with Gasteiger partial charge in [0, 0.05) is 32.3 Å². The molecule has 0 unspecified atom stereocenters. The summed E-state index contributed by atoms with van der Waals surface area (Å²) in [6.07, 6.45) is 3.23. The van der Waals surface area contributed by atoms with E-state index in [1.54, 1.807) is 33.7 Å². The Bertz CT molecular complexity index is 1210. The first-order chi connectivity index (χ1) is 17.1. The molecule has 2 aromatic carbocycles. The number of aromatic nitrogens is 3. The number of hydrogen-bond donors (Lipinski definition) is 0. The van der Waals surface area contributed by atoms with Gasteiger partial charge in [0.15, 0.2) is 5.69 Å². The normalized spacial score (nSPS) is 17.9. The minimum atomic E-state index is -0.172. The monoisotopic (exact) mass is 473 g/mol. The molecule has 5 rings (SSSR count). The molecule has 1 atom stereocenters. The smallest absolute Gasteiger partial charge is 0.276 e. The van der Waals surface area contributed by atoms with Crippen LogP contribution in [0, 0.1) is 0 Å². The lowest BCUT2D eigenvalue weighted by atomic mass is 10.1. The first-order valence-corrected chi connectivity index (χ1v) is 11.6. The molecule has 0 radical (unpaired) electrons. The highest BCUT2D eigenvalue weighted by Crippen LogP contribution is 2.27. The van der Waals surface area contributed by atoms with Gasteiger partial charge < -0.3 is 19.3 Å². The molecule has 0 spiro atoms. The third kappa shape index (κ3) is 4.95. The molecule has 9 heteroatoms. The highest BCUT2D eigenvalue weighted by molar-refractivity contribution is 5.94. The van der Waals surface area contributed by atoms with Gasteiger partial charge in [-0.1, -0.05) is 47.7 Å². The van der Waals surface area contributed by atoms with Crippen molar-refractivity contribution in [1.82, 2.24) is 24.8 Å². The Hall–Kier alpha value is -3.98. The van der Waals surface area contributed by atoms with Crippen LogP contribution in [0.1, 0.15) is 33.4 Å². The summed E-state index contributed by atoms with van der Waals surface area (Å²) in [5.74, 6) is 0.522. The zero-order valence-corrected chi connectivity index (χ0v) is 19.5. The van der Waals surface area contributed by atoms with E-state index in [-0.39, 0.29) is 24.5 Å². The number of piperazine rings is 1. The van der Waals surface area contributed by atoms with Crippen molar-refractivity contribution in [1.29, 1.82) is 0 Å². The summed E-state index contributed by atoms with van der Waals surface area (Å²) in [6, 6.07) is 17.4. The topological polar surface area (TPSA) is 89.8 Å². The molecular weight excluding hydrogens is 446 g/mol. The van der Waals surface area contributed by atoms with Crippen molar-refractivity contribution in [3.05, 3.63) is 83.2 Å². The molecule has 9 nitrogen and oxygen atoms in total. The Labute approximate surface area is 203 Å². The van der Waals surface area contributed by atoms with Gasteiger partial charge >= 0.3 is 0 Å². The SMILES string of the molecule is COc1ccc(/C=C/C(=O)N2CCN(C(=O)c3nnn4c3CO[C@H](c3ccccc3)C4)CC2)cc1. The fourth-order valence-electron chi connectivity index (χ4n) is 4.31. The van der Waals surface area contributed by atoms with E-state index >= 15 is 0 Å². The van der Waals surface area contributed by atoms with E-state index in [4.69, 9.17) is 9.47 Å². The van der Waals surface area contributed by atoms with Gasteiger partial charge in [-0.3, -0.25) is 9.59 Å². The molecule has 0 saturated carbocycles. The van der Waals surface area contributed by atoms with Gasteiger partial charge in [-0.2, -0.15) is 0 Å². The third-order valence-corrected chi connectivity index (χ3v) is 6.38. The lowest BCUT2D eigenvalue weighted by Crippen LogP contribution is -2.50. The van der Waals surface area contributed by atoms with Crippen LogP contribution in [0.3, 0.4) is 0 Å². The van der Waals surface area contributed by atoms with Crippen LogP contribution in [-0.2, 0) is 22.7 Å². The standard InChI is InChI=1S/C26H27N5O4/c1-34-21-10-7-19(8-11-21)9-12-24(32)29-13-15-30(16-14-29)26(33)25-22-18-35-23(17-31(22)28-27-25)20-5-3-2-4-6-20/h2-12,23H,13-18H2,1H3/b12-9+/t23-/m0/s1. The summed E-state index contributed by atoms with van der Waals surface area (Å²) >= 11 is 0. The maximum atomic E-state index is 13.2. The van der Waals surface area contributed by atoms with Gasteiger partial charge in [0.05, 0.1) is 26.0 Å². The van der Waals surface area contributed by atoms with E-state index in [0.717, 1.165) is 16.9 Å². The maximum absolute atomic E-state index is 13.2. The zero-order chi connectivity index (χ0) is 24.2. The van der Waals surface area contributed by atoms with Gasteiger partial charge in [-0.25, -0.2) is 4.68 Å². The molecule has 0 aliphatic carbocycles. The Kier molecular flexibility index (Phi) is 6.58. The molecule has 2 aliphatic heterocycles. The van der Waals surface area contributed by atoms with Crippen molar-refractivity contribution in [3.8, 4) is 5.75 Å². The molecule has 2 amide bonds. The van der Waals surface area contributed by atoms with Crippen LogP contribution < -0.4 is 4.74 Å². The van der Waals surface area contributed by atoms with Crippen LogP contribution in [0.4, 0.5) is 0 Å².